The maximum atomic E-state index is 12.8. The third kappa shape index (κ3) is 6.18. The molecule has 0 saturated carbocycles. The number of unbranched alkanes of at least 4 members (excludes halogenated alkanes) is 1. The van der Waals surface area contributed by atoms with Crippen LogP contribution in [0.2, 0.25) is 10.0 Å². The first-order chi connectivity index (χ1) is 12.0. The van der Waals surface area contributed by atoms with Gasteiger partial charge in [0.15, 0.2) is 11.6 Å². The predicted molar refractivity (Wildman–Crippen MR) is 107 cm³/mol. The van der Waals surface area contributed by atoms with E-state index < -0.39 is 5.25 Å². The van der Waals surface area contributed by atoms with Crippen LogP contribution < -0.4 is 0 Å². The largest absolute Gasteiger partial charge is 0.294 e. The molecule has 25 heavy (non-hydrogen) atoms. The third-order valence-corrected chi connectivity index (χ3v) is 5.59. The van der Waals surface area contributed by atoms with Crippen molar-refractivity contribution in [3.05, 3.63) is 69.7 Å². The molecule has 0 saturated heterocycles. The van der Waals surface area contributed by atoms with Gasteiger partial charge in [-0.1, -0.05) is 36.5 Å². The van der Waals surface area contributed by atoms with Crippen LogP contribution in [-0.2, 0) is 0 Å². The predicted octanol–water partition coefficient (Wildman–Crippen LogP) is 6.35. The number of thioether (sulfide) groups is 1. The summed E-state index contributed by atoms with van der Waals surface area (Å²) >= 11 is 13.3. The maximum absolute atomic E-state index is 12.8. The van der Waals surface area contributed by atoms with E-state index in [4.69, 9.17) is 23.2 Å². The van der Waals surface area contributed by atoms with E-state index in [1.54, 1.807) is 60.3 Å². The standard InChI is InChI=1S/C20H20Cl2O2S/c1-2-3-12-25-19(20(24)15-6-10-17(22)11-7-15)13-18(23)14-4-8-16(21)9-5-14/h4-11,19H,2-3,12-13H2,1H3. The number of ketones is 2. The minimum absolute atomic E-state index is 0.0277. The Balaban J connectivity index is 2.13. The summed E-state index contributed by atoms with van der Waals surface area (Å²) < 4.78 is 0. The topological polar surface area (TPSA) is 34.1 Å². The Hall–Kier alpha value is -1.29. The number of hydrogen-bond donors (Lipinski definition) is 0. The summed E-state index contributed by atoms with van der Waals surface area (Å²) in [5, 5.41) is 0.780. The van der Waals surface area contributed by atoms with Crippen molar-refractivity contribution in [3.63, 3.8) is 0 Å². The Kier molecular flexibility index (Phi) is 8.01. The molecule has 1 atom stereocenters. The summed E-state index contributed by atoms with van der Waals surface area (Å²) in [7, 11) is 0. The molecule has 5 heteroatoms. The zero-order valence-electron chi connectivity index (χ0n) is 14.0. The minimum atomic E-state index is -0.393. The molecule has 0 fully saturated rings. The quantitative estimate of drug-likeness (QED) is 0.366. The molecular formula is C20H20Cl2O2S. The van der Waals surface area contributed by atoms with Gasteiger partial charge in [-0.2, -0.15) is 0 Å². The van der Waals surface area contributed by atoms with Crippen LogP contribution in [0.5, 0.6) is 0 Å². The lowest BCUT2D eigenvalue weighted by Crippen LogP contribution is -2.22. The number of benzene rings is 2. The van der Waals surface area contributed by atoms with Crippen molar-refractivity contribution in [1.29, 1.82) is 0 Å². The van der Waals surface area contributed by atoms with E-state index in [9.17, 15) is 9.59 Å². The SMILES string of the molecule is CCCCSC(CC(=O)c1ccc(Cl)cc1)C(=O)c1ccc(Cl)cc1. The number of hydrogen-bond acceptors (Lipinski definition) is 3. The average Bonchev–Trinajstić information content (AvgIpc) is 2.61. The van der Waals surface area contributed by atoms with Gasteiger partial charge in [0.2, 0.25) is 0 Å². The molecule has 2 nitrogen and oxygen atoms in total. The van der Waals surface area contributed by atoms with Gasteiger partial charge in [-0.15, -0.1) is 11.8 Å². The highest BCUT2D eigenvalue weighted by atomic mass is 35.5. The Labute approximate surface area is 162 Å². The summed E-state index contributed by atoms with van der Waals surface area (Å²) in [4.78, 5) is 25.4. The summed E-state index contributed by atoms with van der Waals surface area (Å²) in [6.07, 6.45) is 2.25. The Morgan fingerprint density at radius 1 is 0.920 bits per heavy atom. The Bertz CT molecular complexity index is 711. The lowest BCUT2D eigenvalue weighted by Gasteiger charge is -2.15. The van der Waals surface area contributed by atoms with Crippen LogP contribution in [0, 0.1) is 0 Å². The number of Topliss-reactive ketones (excluding diaryl/α,β-unsaturated/α-hetero) is 2. The average molecular weight is 395 g/mol. The molecule has 0 N–H and O–H groups in total. The van der Waals surface area contributed by atoms with Crippen molar-refractivity contribution < 1.29 is 9.59 Å². The molecule has 0 aromatic heterocycles. The minimum Gasteiger partial charge on any atom is -0.294 e. The van der Waals surface area contributed by atoms with Crippen LogP contribution in [0.15, 0.2) is 48.5 Å². The van der Waals surface area contributed by atoms with Crippen molar-refractivity contribution in [2.45, 2.75) is 31.4 Å². The second-order valence-corrected chi connectivity index (χ2v) is 7.90. The molecule has 2 rings (SSSR count). The molecule has 132 valence electrons. The second-order valence-electron chi connectivity index (χ2n) is 5.72. The normalized spacial score (nSPS) is 12.0. The molecule has 0 bridgehead atoms. The monoisotopic (exact) mass is 394 g/mol. The van der Waals surface area contributed by atoms with E-state index in [0.29, 0.717) is 21.2 Å². The molecule has 0 spiro atoms. The van der Waals surface area contributed by atoms with Crippen molar-refractivity contribution in [2.24, 2.45) is 0 Å². The summed E-state index contributed by atoms with van der Waals surface area (Å²) in [5.74, 6) is 0.780. The zero-order valence-corrected chi connectivity index (χ0v) is 16.3. The Morgan fingerprint density at radius 3 is 1.96 bits per heavy atom. The number of carbonyl (C=O) groups excluding carboxylic acids is 2. The van der Waals surface area contributed by atoms with Crippen LogP contribution in [0.4, 0.5) is 0 Å². The molecule has 0 aliphatic rings. The van der Waals surface area contributed by atoms with Crippen molar-refractivity contribution in [3.8, 4) is 0 Å². The smallest absolute Gasteiger partial charge is 0.176 e. The fraction of sp³-hybridized carbons (Fsp3) is 0.300. The van der Waals surface area contributed by atoms with Crippen molar-refractivity contribution in [2.75, 3.05) is 5.75 Å². The lowest BCUT2D eigenvalue weighted by molar-refractivity contribution is 0.0924. The van der Waals surface area contributed by atoms with Gasteiger partial charge in [-0.05, 0) is 60.7 Å². The highest BCUT2D eigenvalue weighted by molar-refractivity contribution is 8.00. The highest BCUT2D eigenvalue weighted by Gasteiger charge is 2.24. The molecule has 0 aliphatic heterocycles. The van der Waals surface area contributed by atoms with Gasteiger partial charge in [0.1, 0.15) is 0 Å². The van der Waals surface area contributed by atoms with Gasteiger partial charge in [0.05, 0.1) is 5.25 Å². The number of halogens is 2. The second kappa shape index (κ2) is 10.0. The number of rotatable bonds is 9. The highest BCUT2D eigenvalue weighted by Crippen LogP contribution is 2.24. The van der Waals surface area contributed by atoms with Crippen LogP contribution >= 0.6 is 35.0 Å². The van der Waals surface area contributed by atoms with Crippen LogP contribution in [0.3, 0.4) is 0 Å². The van der Waals surface area contributed by atoms with Gasteiger partial charge in [0, 0.05) is 27.6 Å². The van der Waals surface area contributed by atoms with Crippen LogP contribution in [0.1, 0.15) is 46.9 Å². The fourth-order valence-corrected chi connectivity index (χ4v) is 3.87. The van der Waals surface area contributed by atoms with Gasteiger partial charge in [0.25, 0.3) is 0 Å². The van der Waals surface area contributed by atoms with E-state index >= 15 is 0 Å². The first-order valence-corrected chi connectivity index (χ1v) is 10.0. The third-order valence-electron chi connectivity index (χ3n) is 3.78. The molecule has 0 amide bonds. The fourth-order valence-electron chi connectivity index (χ4n) is 2.32. The van der Waals surface area contributed by atoms with Gasteiger partial charge in [-0.25, -0.2) is 0 Å². The maximum Gasteiger partial charge on any atom is 0.176 e. The van der Waals surface area contributed by atoms with Gasteiger partial charge >= 0.3 is 0 Å². The Morgan fingerprint density at radius 2 is 1.44 bits per heavy atom. The van der Waals surface area contributed by atoms with Crippen molar-refractivity contribution in [1.82, 2.24) is 0 Å². The first-order valence-electron chi connectivity index (χ1n) is 8.21. The molecule has 2 aromatic rings. The van der Waals surface area contributed by atoms with Crippen molar-refractivity contribution >= 4 is 46.5 Å². The van der Waals surface area contributed by atoms with E-state index in [0.717, 1.165) is 18.6 Å². The van der Waals surface area contributed by atoms with E-state index in [1.807, 2.05) is 0 Å². The van der Waals surface area contributed by atoms with E-state index in [-0.39, 0.29) is 18.0 Å². The summed E-state index contributed by atoms with van der Waals surface area (Å²) in [6, 6.07) is 13.6. The summed E-state index contributed by atoms with van der Waals surface area (Å²) in [5.41, 5.74) is 1.16. The molecule has 0 heterocycles. The van der Waals surface area contributed by atoms with E-state index in [2.05, 4.69) is 6.92 Å². The lowest BCUT2D eigenvalue weighted by atomic mass is 10.0. The molecule has 0 aliphatic carbocycles. The zero-order chi connectivity index (χ0) is 18.2. The van der Waals surface area contributed by atoms with Gasteiger partial charge < -0.3 is 0 Å². The van der Waals surface area contributed by atoms with E-state index in [1.165, 1.54) is 0 Å². The number of carbonyl (C=O) groups is 2. The summed E-state index contributed by atoms with van der Waals surface area (Å²) in [6.45, 7) is 2.11. The molecule has 1 unspecified atom stereocenters. The van der Waals surface area contributed by atoms with Gasteiger partial charge in [-0.3, -0.25) is 9.59 Å². The first kappa shape index (κ1) is 20.0. The van der Waals surface area contributed by atoms with Crippen LogP contribution in [0.25, 0.3) is 0 Å². The molecule has 0 radical (unpaired) electrons. The van der Waals surface area contributed by atoms with Crippen LogP contribution in [-0.4, -0.2) is 22.6 Å². The molecular weight excluding hydrogens is 375 g/mol. The molecule has 2 aromatic carbocycles.